The van der Waals surface area contributed by atoms with Crippen LogP contribution in [0.5, 0.6) is 0 Å². The molecule has 5 rings (SSSR count). The van der Waals surface area contributed by atoms with E-state index in [0.29, 0.717) is 37.5 Å². The molecule has 0 spiro atoms. The fourth-order valence-corrected chi connectivity index (χ4v) is 14.6. The number of nitrogens with zero attached hydrogens (tertiary/aromatic N) is 5. The fourth-order valence-electron chi connectivity index (χ4n) is 14.6. The molecule has 5 saturated heterocycles. The van der Waals surface area contributed by atoms with E-state index >= 15 is 0 Å². The second kappa shape index (κ2) is 52.7. The van der Waals surface area contributed by atoms with Gasteiger partial charge in [0.15, 0.2) is 23.1 Å². The van der Waals surface area contributed by atoms with E-state index in [1.807, 2.05) is 63.5 Å². The van der Waals surface area contributed by atoms with Crippen molar-refractivity contribution in [3.05, 3.63) is 0 Å². The van der Waals surface area contributed by atoms with Gasteiger partial charge in [0.05, 0.1) is 48.6 Å². The van der Waals surface area contributed by atoms with Crippen molar-refractivity contribution in [2.24, 2.45) is 23.7 Å². The van der Waals surface area contributed by atoms with Crippen molar-refractivity contribution in [1.29, 1.82) is 0 Å². The molecule has 95 heavy (non-hydrogen) atoms. The predicted octanol–water partition coefficient (Wildman–Crippen LogP) is 12.1. The third-order valence-corrected chi connectivity index (χ3v) is 21.1. The van der Waals surface area contributed by atoms with E-state index in [2.05, 4.69) is 29.5 Å². The lowest BCUT2D eigenvalue weighted by Crippen LogP contribution is -2.50. The maximum atomic E-state index is 12.8. The molecule has 5 N–H and O–H groups in total. The summed E-state index contributed by atoms with van der Waals surface area (Å²) in [5.41, 5.74) is 0. The second-order valence-corrected chi connectivity index (χ2v) is 29.9. The molecule has 0 aromatic rings. The van der Waals surface area contributed by atoms with Gasteiger partial charge in [-0.3, -0.25) is 53.2 Å². The van der Waals surface area contributed by atoms with Gasteiger partial charge in [-0.2, -0.15) is 0 Å². The Labute approximate surface area is 579 Å². The van der Waals surface area contributed by atoms with Gasteiger partial charge in [0.25, 0.3) is 0 Å². The highest BCUT2D eigenvalue weighted by atomic mass is 16.5. The second-order valence-electron chi connectivity index (χ2n) is 29.9. The molecule has 3 unspecified atom stereocenters. The number of hydrogen-bond donors (Lipinski definition) is 5. The molecule has 5 fully saturated rings. The number of amides is 3. The number of ketones is 4. The average Bonchev–Trinajstić information content (AvgIpc) is 1.89. The largest absolute Gasteiger partial charge is 0.391 e. The molecule has 18 heteroatoms. The summed E-state index contributed by atoms with van der Waals surface area (Å²) in [4.78, 5) is 96.3. The van der Waals surface area contributed by atoms with Crippen molar-refractivity contribution < 1.29 is 53.6 Å². The van der Waals surface area contributed by atoms with Crippen molar-refractivity contribution >= 4 is 40.9 Å². The van der Waals surface area contributed by atoms with Gasteiger partial charge in [0.1, 0.15) is 0 Å². The summed E-state index contributed by atoms with van der Waals surface area (Å²) < 4.78 is 5.93. The van der Waals surface area contributed by atoms with E-state index in [-0.39, 0.29) is 84.2 Å². The zero-order valence-electron chi connectivity index (χ0n) is 62.8. The van der Waals surface area contributed by atoms with E-state index in [0.717, 1.165) is 110 Å². The number of aliphatic hydroxyl groups excluding tert-OH is 3. The van der Waals surface area contributed by atoms with Crippen LogP contribution in [0.3, 0.4) is 0 Å². The summed E-state index contributed by atoms with van der Waals surface area (Å²) in [5.74, 6) is 0.412. The van der Waals surface area contributed by atoms with E-state index in [1.54, 1.807) is 26.0 Å². The zero-order chi connectivity index (χ0) is 70.5. The monoisotopic (exact) mass is 1340 g/mol. The number of nitrogens with one attached hydrogen (secondary N) is 2. The Morgan fingerprint density at radius 2 is 0.737 bits per heavy atom. The van der Waals surface area contributed by atoms with Crippen molar-refractivity contribution in [2.45, 2.75) is 340 Å². The van der Waals surface area contributed by atoms with E-state index < -0.39 is 36.4 Å². The van der Waals surface area contributed by atoms with E-state index in [9.17, 15) is 48.9 Å². The summed E-state index contributed by atoms with van der Waals surface area (Å²) in [6.45, 7) is 14.6. The molecule has 0 aromatic carbocycles. The maximum absolute atomic E-state index is 12.8. The molecule has 3 amide bonds. The summed E-state index contributed by atoms with van der Waals surface area (Å²) in [6.07, 6.45) is 39.7. The molecular weight excluding hydrogens is 1200 g/mol. The van der Waals surface area contributed by atoms with Gasteiger partial charge in [-0.15, -0.1) is 0 Å². The van der Waals surface area contributed by atoms with Gasteiger partial charge in [0, 0.05) is 79.2 Å². The fraction of sp³-hybridized carbons (Fsp3) is 0.909. The molecule has 5 heterocycles. The molecule has 0 saturated carbocycles. The molecule has 5 aliphatic rings. The Morgan fingerprint density at radius 3 is 1.03 bits per heavy atom. The Bertz CT molecular complexity index is 2080. The SMILES string of the molecule is CCNC(=O)C[C@@H](C)C(O)[C@H]1C(=O)CCCCCCCCCCN1C.CNC(=O)C[C@@H](C)C(O)[C@H]1C(=O)CCCCCCCCCCN1C.C[C@@H]1CCO[C@H]1[C@H]1C(=O)CCCCCCCCCCN1C.C[C@H](CC(=O)N(C)C)C(O)[C@H]1C(=O)CCCCCCCCCCN1C. The minimum absolute atomic E-state index is 0.00806. The summed E-state index contributed by atoms with van der Waals surface area (Å²) in [5, 5.41) is 37.8. The van der Waals surface area contributed by atoms with Gasteiger partial charge >= 0.3 is 0 Å². The van der Waals surface area contributed by atoms with Crippen molar-refractivity contribution in [3.8, 4) is 0 Å². The molecule has 12 atom stereocenters. The average molecular weight is 1350 g/mol. The van der Waals surface area contributed by atoms with Crippen LogP contribution in [0.25, 0.3) is 0 Å². The van der Waals surface area contributed by atoms with Crippen LogP contribution in [0.1, 0.15) is 291 Å². The van der Waals surface area contributed by atoms with Crippen LogP contribution in [-0.2, 0) is 38.3 Å². The number of aliphatic hydroxyl groups is 3. The number of carbonyl (C=O) groups excluding carboxylic acids is 7. The van der Waals surface area contributed by atoms with Crippen molar-refractivity contribution in [2.75, 3.05) is 88.7 Å². The first-order valence-electron chi connectivity index (χ1n) is 38.7. The summed E-state index contributed by atoms with van der Waals surface area (Å²) >= 11 is 0. The van der Waals surface area contributed by atoms with Crippen LogP contribution >= 0.6 is 0 Å². The number of Topliss-reactive ketones (excluding diaryl/α,β-unsaturated/α-hetero) is 4. The van der Waals surface area contributed by atoms with Gasteiger partial charge in [-0.25, -0.2) is 0 Å². The molecule has 0 radical (unpaired) electrons. The van der Waals surface area contributed by atoms with Gasteiger partial charge < -0.3 is 35.6 Å². The van der Waals surface area contributed by atoms with Crippen molar-refractivity contribution in [1.82, 2.24) is 35.1 Å². The van der Waals surface area contributed by atoms with E-state index in [4.69, 9.17) is 4.74 Å². The standard InChI is InChI=1S/2C20H38N2O3.C19H36N2O3.C18H33NO2/c1-16(15-18(24)21(2)3)20(25)19-17(23)13-11-9-7-5-6-8-10-12-14-22(19)4;1-4-21-18(24)15-16(2)20(25)19-17(23)13-11-9-7-5-6-8-10-12-14-22(19)3;1-15(14-17(23)20-2)19(24)18-16(22)12-10-8-6-4-5-7-9-11-13-21(18)3;1-15-12-14-21-18(15)17-16(20)11-9-7-5-3-4-6-8-10-13-19(17)2/h16,19-20,25H,5-15H2,1-4H3;16,19-20,25H,4-15H2,1-3H3,(H,21,24);15,18-19,24H,4-14H2,1-3H3,(H,20,23);15,17-18H,3-14H2,1-2H3/t2*16-,19-,20?;15-,18-,19?;15-,17-,18-/m1111/s1. The quantitative estimate of drug-likeness (QED) is 0.109. The first-order chi connectivity index (χ1) is 45.5. The van der Waals surface area contributed by atoms with Crippen LogP contribution < -0.4 is 10.6 Å². The lowest BCUT2D eigenvalue weighted by atomic mass is 9.89. The number of hydrogen-bond acceptors (Lipinski definition) is 15. The third kappa shape index (κ3) is 36.6. The van der Waals surface area contributed by atoms with Gasteiger partial charge in [0.2, 0.25) is 17.7 Å². The number of rotatable bonds is 14. The Balaban J connectivity index is 0.000000432. The molecule has 0 aliphatic carbocycles. The first-order valence-corrected chi connectivity index (χ1v) is 38.7. The summed E-state index contributed by atoms with van der Waals surface area (Å²) in [7, 11) is 13.0. The molecule has 554 valence electrons. The molecule has 18 nitrogen and oxygen atoms in total. The van der Waals surface area contributed by atoms with Crippen LogP contribution in [0.15, 0.2) is 0 Å². The van der Waals surface area contributed by atoms with Crippen molar-refractivity contribution in [3.63, 3.8) is 0 Å². The third-order valence-electron chi connectivity index (χ3n) is 21.1. The molecule has 0 aromatic heterocycles. The lowest BCUT2D eigenvalue weighted by molar-refractivity contribution is -0.134. The highest BCUT2D eigenvalue weighted by molar-refractivity contribution is 5.86. The highest BCUT2D eigenvalue weighted by Gasteiger charge is 2.40. The zero-order valence-corrected chi connectivity index (χ0v) is 62.8. The first kappa shape index (κ1) is 87.9. The Hall–Kier alpha value is -3.23. The normalized spacial score (nSPS) is 26.9. The summed E-state index contributed by atoms with van der Waals surface area (Å²) in [6, 6.07) is -1.50. The minimum Gasteiger partial charge on any atom is -0.391 e. The number of likely N-dealkylation sites (N-methyl/N-ethyl adjacent to an activating group) is 4. The van der Waals surface area contributed by atoms with Crippen LogP contribution in [-0.4, -0.2) is 218 Å². The highest BCUT2D eigenvalue weighted by Crippen LogP contribution is 2.29. The van der Waals surface area contributed by atoms with Crippen LogP contribution in [0.2, 0.25) is 0 Å². The number of carbonyl (C=O) groups is 7. The van der Waals surface area contributed by atoms with Crippen LogP contribution in [0.4, 0.5) is 0 Å². The lowest BCUT2D eigenvalue weighted by Gasteiger charge is -2.34. The molecule has 0 bridgehead atoms. The smallest absolute Gasteiger partial charge is 0.222 e. The van der Waals surface area contributed by atoms with Crippen LogP contribution in [0, 0.1) is 23.7 Å². The Kier molecular flexibility index (Phi) is 48.8. The molecular formula is C77H145N7O11. The van der Waals surface area contributed by atoms with Gasteiger partial charge in [-0.1, -0.05) is 182 Å². The van der Waals surface area contributed by atoms with Gasteiger partial charge in [-0.05, 0) is 143 Å². The predicted molar refractivity (Wildman–Crippen MR) is 386 cm³/mol. The molecule has 5 aliphatic heterocycles. The maximum Gasteiger partial charge on any atom is 0.222 e. The Morgan fingerprint density at radius 1 is 0.453 bits per heavy atom. The van der Waals surface area contributed by atoms with E-state index in [1.165, 1.54) is 141 Å². The topological polar surface area (TPSA) is 230 Å². The minimum atomic E-state index is -0.801. The number of ether oxygens (including phenoxy) is 1.